The average Bonchev–Trinajstić information content (AvgIpc) is 2.76. The number of hydrogen-bond donors (Lipinski definition) is 2. The van der Waals surface area contributed by atoms with Gasteiger partial charge in [0.1, 0.15) is 6.04 Å². The molecule has 1 aromatic carbocycles. The van der Waals surface area contributed by atoms with Crippen LogP contribution in [-0.2, 0) is 14.9 Å². The highest BCUT2D eigenvalue weighted by Crippen LogP contribution is 2.60. The smallest absolute Gasteiger partial charge is 0.251 e. The number of hydrogen-bond acceptors (Lipinski definition) is 3. The van der Waals surface area contributed by atoms with Crippen LogP contribution in [0.4, 0.5) is 0 Å². The first-order chi connectivity index (χ1) is 15.4. The van der Waals surface area contributed by atoms with Crippen LogP contribution in [0.2, 0.25) is 0 Å². The van der Waals surface area contributed by atoms with Crippen LogP contribution in [-0.4, -0.2) is 37.6 Å². The van der Waals surface area contributed by atoms with Gasteiger partial charge in [0.05, 0.1) is 0 Å². The van der Waals surface area contributed by atoms with Crippen molar-refractivity contribution < 1.29 is 14.3 Å². The van der Waals surface area contributed by atoms with Gasteiger partial charge in [0.2, 0.25) is 5.91 Å². The van der Waals surface area contributed by atoms with Gasteiger partial charge < -0.3 is 15.4 Å². The fraction of sp³-hybridized carbons (Fsp3) is 0.704. The SMILES string of the molecule is CCOCCCNC(=O)[C@H](NC(=O)c1ccc(C23CC4CC(CC(C4)C2)C3)cc1)C(C)C. The fourth-order valence-electron chi connectivity index (χ4n) is 6.84. The molecule has 4 aliphatic rings. The molecule has 4 bridgehead atoms. The molecule has 0 radical (unpaired) electrons. The summed E-state index contributed by atoms with van der Waals surface area (Å²) in [6.45, 7) is 7.74. The summed E-state index contributed by atoms with van der Waals surface area (Å²) in [7, 11) is 0. The lowest BCUT2D eigenvalue weighted by Gasteiger charge is -2.57. The minimum Gasteiger partial charge on any atom is -0.382 e. The predicted molar refractivity (Wildman–Crippen MR) is 127 cm³/mol. The van der Waals surface area contributed by atoms with Gasteiger partial charge in [-0.3, -0.25) is 9.59 Å². The molecule has 0 saturated heterocycles. The van der Waals surface area contributed by atoms with Crippen LogP contribution in [0.5, 0.6) is 0 Å². The zero-order valence-electron chi connectivity index (χ0n) is 20.0. The molecule has 176 valence electrons. The van der Waals surface area contributed by atoms with E-state index in [4.69, 9.17) is 4.74 Å². The van der Waals surface area contributed by atoms with Crippen LogP contribution in [0.1, 0.15) is 81.6 Å². The van der Waals surface area contributed by atoms with Gasteiger partial charge in [0, 0.05) is 25.3 Å². The van der Waals surface area contributed by atoms with Gasteiger partial charge in [-0.05, 0) is 98.7 Å². The Balaban J connectivity index is 1.36. The van der Waals surface area contributed by atoms with E-state index in [0.717, 1.165) is 24.2 Å². The molecule has 2 amide bonds. The van der Waals surface area contributed by atoms with Crippen LogP contribution in [0.15, 0.2) is 24.3 Å². The maximum Gasteiger partial charge on any atom is 0.251 e. The summed E-state index contributed by atoms with van der Waals surface area (Å²) in [4.78, 5) is 25.6. The second-order valence-corrected chi connectivity index (χ2v) is 10.8. The maximum atomic E-state index is 12.9. The van der Waals surface area contributed by atoms with E-state index in [9.17, 15) is 9.59 Å². The second kappa shape index (κ2) is 9.94. The zero-order chi connectivity index (χ0) is 22.7. The van der Waals surface area contributed by atoms with E-state index in [-0.39, 0.29) is 17.7 Å². The van der Waals surface area contributed by atoms with E-state index in [1.165, 1.54) is 44.1 Å². The van der Waals surface area contributed by atoms with Gasteiger partial charge >= 0.3 is 0 Å². The number of rotatable bonds is 10. The minimum absolute atomic E-state index is 0.0112. The first-order valence-corrected chi connectivity index (χ1v) is 12.7. The molecule has 4 aliphatic carbocycles. The molecule has 32 heavy (non-hydrogen) atoms. The molecule has 4 fully saturated rings. The molecule has 4 saturated carbocycles. The largest absolute Gasteiger partial charge is 0.382 e. The Labute approximate surface area is 193 Å². The molecule has 5 nitrogen and oxygen atoms in total. The van der Waals surface area contributed by atoms with Crippen molar-refractivity contribution in [3.63, 3.8) is 0 Å². The topological polar surface area (TPSA) is 67.4 Å². The maximum absolute atomic E-state index is 12.9. The number of carbonyl (C=O) groups is 2. The van der Waals surface area contributed by atoms with Gasteiger partial charge in [-0.25, -0.2) is 0 Å². The summed E-state index contributed by atoms with van der Waals surface area (Å²) in [5.41, 5.74) is 2.39. The Morgan fingerprint density at radius 1 is 1.03 bits per heavy atom. The molecule has 0 heterocycles. The molecule has 5 rings (SSSR count). The highest BCUT2D eigenvalue weighted by atomic mass is 16.5. The van der Waals surface area contributed by atoms with E-state index in [0.29, 0.717) is 30.7 Å². The van der Waals surface area contributed by atoms with Gasteiger partial charge in [-0.15, -0.1) is 0 Å². The molecule has 5 heteroatoms. The van der Waals surface area contributed by atoms with Crippen LogP contribution in [0.25, 0.3) is 0 Å². The fourth-order valence-corrected chi connectivity index (χ4v) is 6.84. The summed E-state index contributed by atoms with van der Waals surface area (Å²) in [6, 6.07) is 7.74. The standard InChI is InChI=1S/C27H40N2O3/c1-4-32-11-5-10-28-26(31)24(18(2)3)29-25(30)22-6-8-23(9-7-22)27-15-19-12-20(16-27)14-21(13-19)17-27/h6-9,18-21,24H,4-5,10-17H2,1-3H3,(H,28,31)(H,29,30)/t19?,20?,21?,24-,27?/m1/s1. The van der Waals surface area contributed by atoms with Crippen LogP contribution in [0, 0.1) is 23.7 Å². The molecular weight excluding hydrogens is 400 g/mol. The van der Waals surface area contributed by atoms with E-state index in [1.54, 1.807) is 0 Å². The number of amides is 2. The lowest BCUT2D eigenvalue weighted by Crippen LogP contribution is -2.50. The molecule has 2 N–H and O–H groups in total. The molecule has 1 aromatic rings. The third-order valence-corrected chi connectivity index (χ3v) is 8.00. The lowest BCUT2D eigenvalue weighted by molar-refractivity contribution is -0.124. The first-order valence-electron chi connectivity index (χ1n) is 12.7. The normalized spacial score (nSPS) is 29.2. The average molecular weight is 441 g/mol. The number of carbonyl (C=O) groups excluding carboxylic acids is 2. The monoisotopic (exact) mass is 440 g/mol. The third-order valence-electron chi connectivity index (χ3n) is 8.00. The quantitative estimate of drug-likeness (QED) is 0.528. The number of benzene rings is 1. The van der Waals surface area contributed by atoms with Crippen LogP contribution >= 0.6 is 0 Å². The van der Waals surface area contributed by atoms with E-state index >= 15 is 0 Å². The molecule has 0 spiro atoms. The van der Waals surface area contributed by atoms with Gasteiger partial charge in [0.15, 0.2) is 0 Å². The van der Waals surface area contributed by atoms with Crippen LogP contribution in [0.3, 0.4) is 0 Å². The van der Waals surface area contributed by atoms with Gasteiger partial charge in [-0.2, -0.15) is 0 Å². The second-order valence-electron chi connectivity index (χ2n) is 10.8. The summed E-state index contributed by atoms with van der Waals surface area (Å²) in [5, 5.41) is 5.89. The minimum atomic E-state index is -0.544. The molecular formula is C27H40N2O3. The Bertz CT molecular complexity index is 766. The van der Waals surface area contributed by atoms with Gasteiger partial charge in [0.25, 0.3) is 5.91 Å². The highest BCUT2D eigenvalue weighted by molar-refractivity contribution is 5.97. The molecule has 0 unspecified atom stereocenters. The highest BCUT2D eigenvalue weighted by Gasteiger charge is 2.51. The Morgan fingerprint density at radius 3 is 2.16 bits per heavy atom. The lowest BCUT2D eigenvalue weighted by atomic mass is 9.48. The van der Waals surface area contributed by atoms with E-state index < -0.39 is 6.04 Å². The van der Waals surface area contributed by atoms with E-state index in [1.807, 2.05) is 32.9 Å². The van der Waals surface area contributed by atoms with Crippen molar-refractivity contribution in [1.82, 2.24) is 10.6 Å². The summed E-state index contributed by atoms with van der Waals surface area (Å²) >= 11 is 0. The summed E-state index contributed by atoms with van der Waals surface area (Å²) < 4.78 is 5.31. The first kappa shape index (κ1) is 23.3. The molecule has 1 atom stereocenters. The Morgan fingerprint density at radius 2 is 1.62 bits per heavy atom. The zero-order valence-corrected chi connectivity index (χ0v) is 20.0. The number of nitrogens with one attached hydrogen (secondary N) is 2. The molecule has 0 aliphatic heterocycles. The predicted octanol–water partition coefficient (Wildman–Crippen LogP) is 4.45. The Hall–Kier alpha value is -1.88. The third kappa shape index (κ3) is 5.03. The summed E-state index contributed by atoms with van der Waals surface area (Å²) in [6.07, 6.45) is 9.04. The van der Waals surface area contributed by atoms with Crippen molar-refractivity contribution in [2.45, 2.75) is 77.2 Å². The van der Waals surface area contributed by atoms with Crippen molar-refractivity contribution in [1.29, 1.82) is 0 Å². The van der Waals surface area contributed by atoms with Crippen molar-refractivity contribution in [2.75, 3.05) is 19.8 Å². The van der Waals surface area contributed by atoms with Gasteiger partial charge in [-0.1, -0.05) is 26.0 Å². The van der Waals surface area contributed by atoms with Crippen molar-refractivity contribution in [3.05, 3.63) is 35.4 Å². The number of ether oxygens (including phenoxy) is 1. The van der Waals surface area contributed by atoms with Crippen molar-refractivity contribution in [2.24, 2.45) is 23.7 Å². The van der Waals surface area contributed by atoms with E-state index in [2.05, 4.69) is 22.8 Å². The van der Waals surface area contributed by atoms with Crippen LogP contribution < -0.4 is 10.6 Å². The Kier molecular flexibility index (Phi) is 7.24. The van der Waals surface area contributed by atoms with Crippen molar-refractivity contribution >= 4 is 11.8 Å². The molecule has 0 aromatic heterocycles. The summed E-state index contributed by atoms with van der Waals surface area (Å²) in [5.74, 6) is 2.42. The van der Waals surface area contributed by atoms with Crippen molar-refractivity contribution in [3.8, 4) is 0 Å².